The van der Waals surface area contributed by atoms with E-state index in [0.29, 0.717) is 19.1 Å². The molecule has 0 saturated carbocycles. The van der Waals surface area contributed by atoms with E-state index < -0.39 is 0 Å². The van der Waals surface area contributed by atoms with E-state index in [1.54, 1.807) is 0 Å². The molecule has 0 spiro atoms. The molecule has 128 valence electrons. The number of fused-ring (bicyclic) bond motifs is 1. The fourth-order valence-corrected chi connectivity index (χ4v) is 3.80. The Balaban J connectivity index is 1.47. The van der Waals surface area contributed by atoms with Crippen molar-refractivity contribution < 1.29 is 14.3 Å². The molecule has 1 aromatic carbocycles. The van der Waals surface area contributed by atoms with E-state index in [-0.39, 0.29) is 12.2 Å². The average Bonchev–Trinajstić information content (AvgIpc) is 3.24. The minimum atomic E-state index is -0.0657. The van der Waals surface area contributed by atoms with Gasteiger partial charge in [0, 0.05) is 41.2 Å². The minimum absolute atomic E-state index is 0.0657. The highest BCUT2D eigenvalue weighted by molar-refractivity contribution is 5.99. The topological polar surface area (TPSA) is 54.6 Å². The molecule has 5 heteroatoms. The molecule has 2 aliphatic heterocycles. The van der Waals surface area contributed by atoms with Gasteiger partial charge in [-0.1, -0.05) is 0 Å². The number of piperidine rings is 1. The number of nitrogens with zero attached hydrogens (tertiary/aromatic N) is 1. The van der Waals surface area contributed by atoms with Crippen molar-refractivity contribution in [1.29, 1.82) is 0 Å². The van der Waals surface area contributed by atoms with Crippen molar-refractivity contribution in [1.82, 2.24) is 9.88 Å². The van der Waals surface area contributed by atoms with E-state index in [4.69, 9.17) is 9.47 Å². The third-order valence-electron chi connectivity index (χ3n) is 5.41. The van der Waals surface area contributed by atoms with Crippen LogP contribution in [0.4, 0.5) is 0 Å². The third kappa shape index (κ3) is 2.72. The van der Waals surface area contributed by atoms with Crippen LogP contribution in [-0.2, 0) is 9.47 Å². The van der Waals surface area contributed by atoms with Crippen molar-refractivity contribution in [2.75, 3.05) is 26.3 Å². The Morgan fingerprint density at radius 2 is 1.88 bits per heavy atom. The Bertz CT molecular complexity index is 753. The van der Waals surface area contributed by atoms with E-state index in [0.717, 1.165) is 48.1 Å². The molecule has 0 bridgehead atoms. The molecular formula is C19H24N2O3. The monoisotopic (exact) mass is 328 g/mol. The quantitative estimate of drug-likeness (QED) is 0.922. The van der Waals surface area contributed by atoms with Gasteiger partial charge < -0.3 is 19.4 Å². The summed E-state index contributed by atoms with van der Waals surface area (Å²) in [6, 6.07) is 5.95. The first-order valence-corrected chi connectivity index (χ1v) is 8.75. The second kappa shape index (κ2) is 6.22. The molecule has 0 radical (unpaired) electrons. The first-order valence-electron chi connectivity index (χ1n) is 8.75. The van der Waals surface area contributed by atoms with Gasteiger partial charge in [0.05, 0.1) is 13.2 Å². The van der Waals surface area contributed by atoms with Gasteiger partial charge >= 0.3 is 0 Å². The van der Waals surface area contributed by atoms with Gasteiger partial charge in [0.15, 0.2) is 6.29 Å². The molecule has 3 heterocycles. The highest BCUT2D eigenvalue weighted by Crippen LogP contribution is 2.28. The van der Waals surface area contributed by atoms with Crippen LogP contribution in [0.2, 0.25) is 0 Å². The Kier molecular flexibility index (Phi) is 4.06. The summed E-state index contributed by atoms with van der Waals surface area (Å²) in [5.41, 5.74) is 4.24. The fourth-order valence-electron chi connectivity index (χ4n) is 3.80. The highest BCUT2D eigenvalue weighted by Gasteiger charge is 2.32. The maximum Gasteiger partial charge on any atom is 0.253 e. The number of hydrogen-bond donors (Lipinski definition) is 1. The summed E-state index contributed by atoms with van der Waals surface area (Å²) >= 11 is 0. The van der Waals surface area contributed by atoms with E-state index in [1.165, 1.54) is 5.56 Å². The first-order chi connectivity index (χ1) is 11.6. The Morgan fingerprint density at radius 1 is 1.17 bits per heavy atom. The molecule has 0 atom stereocenters. The maximum atomic E-state index is 12.8. The molecule has 1 aromatic heterocycles. The lowest BCUT2D eigenvalue weighted by Crippen LogP contribution is -2.41. The number of carbonyl (C=O) groups excluding carboxylic acids is 1. The lowest BCUT2D eigenvalue weighted by atomic mass is 9.95. The summed E-state index contributed by atoms with van der Waals surface area (Å²) in [5, 5.41) is 1.14. The van der Waals surface area contributed by atoms with E-state index in [1.807, 2.05) is 23.1 Å². The third-order valence-corrected chi connectivity index (χ3v) is 5.41. The summed E-state index contributed by atoms with van der Waals surface area (Å²) in [6.45, 7) is 7.09. The summed E-state index contributed by atoms with van der Waals surface area (Å²) in [4.78, 5) is 18.2. The molecule has 2 saturated heterocycles. The Labute approximate surface area is 141 Å². The zero-order chi connectivity index (χ0) is 16.7. The molecule has 1 N–H and O–H groups in total. The molecule has 5 nitrogen and oxygen atoms in total. The summed E-state index contributed by atoms with van der Waals surface area (Å²) in [6.07, 6.45) is 1.83. The summed E-state index contributed by atoms with van der Waals surface area (Å²) < 4.78 is 11.2. The number of carbonyl (C=O) groups is 1. The fraction of sp³-hybridized carbons (Fsp3) is 0.526. The van der Waals surface area contributed by atoms with Gasteiger partial charge in [0.1, 0.15) is 0 Å². The van der Waals surface area contributed by atoms with Crippen LogP contribution in [0.1, 0.15) is 34.5 Å². The second-order valence-electron chi connectivity index (χ2n) is 6.87. The Morgan fingerprint density at radius 3 is 2.58 bits per heavy atom. The standard InChI is InChI=1S/C19H24N2O3/c1-12-13(2)20-17-4-3-15(11-16(12)17)18(22)21-7-5-14(6-8-21)19-23-9-10-24-19/h3-4,11,14,19-20H,5-10H2,1-2H3. The molecule has 0 aliphatic carbocycles. The molecule has 24 heavy (non-hydrogen) atoms. The van der Waals surface area contributed by atoms with E-state index in [2.05, 4.69) is 18.8 Å². The van der Waals surface area contributed by atoms with Crippen molar-refractivity contribution in [2.45, 2.75) is 33.0 Å². The molecule has 0 unspecified atom stereocenters. The Hall–Kier alpha value is -1.85. The lowest BCUT2D eigenvalue weighted by molar-refractivity contribution is -0.0956. The average molecular weight is 328 g/mol. The van der Waals surface area contributed by atoms with Crippen molar-refractivity contribution >= 4 is 16.8 Å². The normalized spacial score (nSPS) is 20.2. The zero-order valence-corrected chi connectivity index (χ0v) is 14.3. The van der Waals surface area contributed by atoms with Gasteiger partial charge in [0.25, 0.3) is 5.91 Å². The number of ether oxygens (including phenoxy) is 2. The van der Waals surface area contributed by atoms with Crippen LogP contribution in [0, 0.1) is 19.8 Å². The predicted octanol–water partition coefficient (Wildman–Crippen LogP) is 3.01. The maximum absolute atomic E-state index is 12.8. The number of aryl methyl sites for hydroxylation is 2. The number of likely N-dealkylation sites (tertiary alicyclic amines) is 1. The first kappa shape index (κ1) is 15.7. The number of hydrogen-bond acceptors (Lipinski definition) is 3. The number of H-pyrrole nitrogens is 1. The van der Waals surface area contributed by atoms with Crippen molar-refractivity contribution in [3.8, 4) is 0 Å². The molecule has 2 fully saturated rings. The van der Waals surface area contributed by atoms with E-state index >= 15 is 0 Å². The van der Waals surface area contributed by atoms with Crippen molar-refractivity contribution in [3.05, 3.63) is 35.0 Å². The number of rotatable bonds is 2. The number of aromatic amines is 1. The van der Waals surface area contributed by atoms with Crippen LogP contribution < -0.4 is 0 Å². The predicted molar refractivity (Wildman–Crippen MR) is 92.1 cm³/mol. The molecular weight excluding hydrogens is 304 g/mol. The SMILES string of the molecule is Cc1[nH]c2ccc(C(=O)N3CCC(C4OCCO4)CC3)cc2c1C. The highest BCUT2D eigenvalue weighted by atomic mass is 16.7. The lowest BCUT2D eigenvalue weighted by Gasteiger charge is -2.33. The minimum Gasteiger partial charge on any atom is -0.358 e. The number of benzene rings is 1. The van der Waals surface area contributed by atoms with Crippen LogP contribution in [0.15, 0.2) is 18.2 Å². The van der Waals surface area contributed by atoms with Crippen LogP contribution in [-0.4, -0.2) is 48.4 Å². The molecule has 4 rings (SSSR count). The van der Waals surface area contributed by atoms with Gasteiger partial charge in [-0.15, -0.1) is 0 Å². The van der Waals surface area contributed by atoms with Gasteiger partial charge in [-0.2, -0.15) is 0 Å². The molecule has 2 aliphatic rings. The van der Waals surface area contributed by atoms with Crippen molar-refractivity contribution in [3.63, 3.8) is 0 Å². The number of aromatic nitrogens is 1. The van der Waals surface area contributed by atoms with Crippen LogP contribution in [0.5, 0.6) is 0 Å². The smallest absolute Gasteiger partial charge is 0.253 e. The van der Waals surface area contributed by atoms with Crippen LogP contribution in [0.25, 0.3) is 10.9 Å². The van der Waals surface area contributed by atoms with E-state index in [9.17, 15) is 4.79 Å². The van der Waals surface area contributed by atoms with Gasteiger partial charge in [-0.25, -0.2) is 0 Å². The van der Waals surface area contributed by atoms with Gasteiger partial charge in [0.2, 0.25) is 0 Å². The van der Waals surface area contributed by atoms with Crippen LogP contribution in [0.3, 0.4) is 0 Å². The number of amides is 1. The molecule has 1 amide bonds. The number of nitrogens with one attached hydrogen (secondary N) is 1. The summed E-state index contributed by atoms with van der Waals surface area (Å²) in [7, 11) is 0. The second-order valence-corrected chi connectivity index (χ2v) is 6.87. The van der Waals surface area contributed by atoms with Gasteiger partial charge in [-0.3, -0.25) is 4.79 Å². The zero-order valence-electron chi connectivity index (χ0n) is 14.3. The summed E-state index contributed by atoms with van der Waals surface area (Å²) in [5.74, 6) is 0.537. The largest absolute Gasteiger partial charge is 0.358 e. The van der Waals surface area contributed by atoms with Crippen molar-refractivity contribution in [2.24, 2.45) is 5.92 Å². The van der Waals surface area contributed by atoms with Gasteiger partial charge in [-0.05, 0) is 50.5 Å². The molecule has 2 aromatic rings. The van der Waals surface area contributed by atoms with Crippen LogP contribution >= 0.6 is 0 Å².